The van der Waals surface area contributed by atoms with Gasteiger partial charge in [0.25, 0.3) is 0 Å². The number of thiophene rings is 1. The Morgan fingerprint density at radius 1 is 1.55 bits per heavy atom. The van der Waals surface area contributed by atoms with Crippen LogP contribution in [0.2, 0.25) is 0 Å². The summed E-state index contributed by atoms with van der Waals surface area (Å²) in [5, 5.41) is 12.1. The summed E-state index contributed by atoms with van der Waals surface area (Å²) in [7, 11) is 0. The standard InChI is InChI=1S/C12H15ClN4O2S/c1-12(3-13)10(18)6(14)8(19-12)5-2-20-9-7(5)16-4-17-11(9)15/h2,4,6,8,10,18H,3,14H2,1H3,(H2,15,16,17)/t6-,8-,10-,12-/m0/s1. The fraction of sp³-hybridized carbons (Fsp3) is 0.500. The van der Waals surface area contributed by atoms with Gasteiger partial charge in [-0.15, -0.1) is 22.9 Å². The first-order valence-corrected chi connectivity index (χ1v) is 7.54. The van der Waals surface area contributed by atoms with E-state index in [-0.39, 0.29) is 5.88 Å². The lowest BCUT2D eigenvalue weighted by atomic mass is 9.95. The van der Waals surface area contributed by atoms with Gasteiger partial charge in [-0.2, -0.15) is 0 Å². The van der Waals surface area contributed by atoms with Gasteiger partial charge < -0.3 is 21.3 Å². The van der Waals surface area contributed by atoms with Gasteiger partial charge in [0, 0.05) is 5.56 Å². The second-order valence-electron chi connectivity index (χ2n) is 5.13. The maximum Gasteiger partial charge on any atom is 0.144 e. The highest BCUT2D eigenvalue weighted by Crippen LogP contribution is 2.43. The van der Waals surface area contributed by atoms with E-state index >= 15 is 0 Å². The molecule has 1 fully saturated rings. The molecule has 8 heteroatoms. The van der Waals surface area contributed by atoms with E-state index in [1.807, 2.05) is 5.38 Å². The first-order chi connectivity index (χ1) is 9.48. The molecule has 1 saturated heterocycles. The van der Waals surface area contributed by atoms with Crippen LogP contribution in [0, 0.1) is 0 Å². The number of nitrogens with two attached hydrogens (primary N) is 2. The number of nitrogens with zero attached hydrogens (tertiary/aromatic N) is 2. The number of aliphatic hydroxyl groups excluding tert-OH is 1. The molecule has 3 heterocycles. The van der Waals surface area contributed by atoms with Crippen LogP contribution in [-0.4, -0.2) is 38.7 Å². The zero-order chi connectivity index (χ0) is 14.5. The van der Waals surface area contributed by atoms with Gasteiger partial charge in [-0.05, 0) is 12.3 Å². The Labute approximate surface area is 124 Å². The number of rotatable bonds is 2. The average molecular weight is 315 g/mol. The van der Waals surface area contributed by atoms with Crippen LogP contribution in [0.25, 0.3) is 10.2 Å². The van der Waals surface area contributed by atoms with E-state index in [1.54, 1.807) is 6.92 Å². The third kappa shape index (κ3) is 1.89. The summed E-state index contributed by atoms with van der Waals surface area (Å²) in [4.78, 5) is 8.21. The third-order valence-electron chi connectivity index (χ3n) is 3.72. The highest BCUT2D eigenvalue weighted by Gasteiger charge is 2.50. The molecule has 3 rings (SSSR count). The molecule has 0 bridgehead atoms. The number of hydrogen-bond donors (Lipinski definition) is 3. The molecule has 108 valence electrons. The predicted molar refractivity (Wildman–Crippen MR) is 78.8 cm³/mol. The minimum absolute atomic E-state index is 0.164. The minimum Gasteiger partial charge on any atom is -0.388 e. The van der Waals surface area contributed by atoms with E-state index in [2.05, 4.69) is 9.97 Å². The zero-order valence-electron chi connectivity index (χ0n) is 10.8. The molecule has 20 heavy (non-hydrogen) atoms. The van der Waals surface area contributed by atoms with E-state index in [1.165, 1.54) is 17.7 Å². The van der Waals surface area contributed by atoms with E-state index in [0.29, 0.717) is 11.3 Å². The van der Waals surface area contributed by atoms with Crippen molar-refractivity contribution in [1.29, 1.82) is 0 Å². The Kier molecular flexibility index (Phi) is 3.34. The second-order valence-corrected chi connectivity index (χ2v) is 6.28. The molecule has 0 spiro atoms. The third-order valence-corrected chi connectivity index (χ3v) is 5.26. The van der Waals surface area contributed by atoms with E-state index in [9.17, 15) is 5.11 Å². The molecule has 0 aromatic carbocycles. The highest BCUT2D eigenvalue weighted by molar-refractivity contribution is 7.17. The quantitative estimate of drug-likeness (QED) is 0.715. The van der Waals surface area contributed by atoms with Gasteiger partial charge in [-0.3, -0.25) is 0 Å². The highest BCUT2D eigenvalue weighted by atomic mass is 35.5. The van der Waals surface area contributed by atoms with Crippen molar-refractivity contribution in [2.24, 2.45) is 5.73 Å². The Morgan fingerprint density at radius 2 is 2.30 bits per heavy atom. The Balaban J connectivity index is 2.06. The summed E-state index contributed by atoms with van der Waals surface area (Å²) >= 11 is 7.33. The van der Waals surface area contributed by atoms with Crippen LogP contribution in [0.4, 0.5) is 5.82 Å². The van der Waals surface area contributed by atoms with Crippen LogP contribution in [-0.2, 0) is 4.74 Å². The summed E-state index contributed by atoms with van der Waals surface area (Å²) < 4.78 is 6.71. The van der Waals surface area contributed by atoms with Crippen LogP contribution in [0.1, 0.15) is 18.6 Å². The van der Waals surface area contributed by atoms with Gasteiger partial charge in [-0.25, -0.2) is 9.97 Å². The molecular weight excluding hydrogens is 300 g/mol. The van der Waals surface area contributed by atoms with Crippen LogP contribution in [0.15, 0.2) is 11.7 Å². The van der Waals surface area contributed by atoms with Crippen molar-refractivity contribution in [3.8, 4) is 0 Å². The van der Waals surface area contributed by atoms with Gasteiger partial charge >= 0.3 is 0 Å². The maximum absolute atomic E-state index is 10.2. The van der Waals surface area contributed by atoms with Gasteiger partial charge in [0.15, 0.2) is 0 Å². The van der Waals surface area contributed by atoms with Crippen molar-refractivity contribution in [2.75, 3.05) is 11.6 Å². The van der Waals surface area contributed by atoms with Gasteiger partial charge in [0.05, 0.1) is 22.1 Å². The fourth-order valence-corrected chi connectivity index (χ4v) is 3.65. The first-order valence-electron chi connectivity index (χ1n) is 6.13. The topological polar surface area (TPSA) is 107 Å². The molecule has 0 radical (unpaired) electrons. The lowest BCUT2D eigenvalue weighted by Gasteiger charge is -2.24. The van der Waals surface area contributed by atoms with Crippen LogP contribution < -0.4 is 11.5 Å². The molecule has 2 aromatic heterocycles. The molecule has 2 aromatic rings. The normalized spacial score (nSPS) is 33.9. The minimum atomic E-state index is -0.863. The molecular formula is C12H15ClN4O2S. The number of aliphatic hydroxyl groups is 1. The van der Waals surface area contributed by atoms with Crippen molar-refractivity contribution >= 4 is 39.0 Å². The smallest absolute Gasteiger partial charge is 0.144 e. The maximum atomic E-state index is 10.2. The first kappa shape index (κ1) is 14.0. The van der Waals surface area contributed by atoms with Crippen LogP contribution in [0.5, 0.6) is 0 Å². The van der Waals surface area contributed by atoms with E-state index in [0.717, 1.165) is 10.3 Å². The lowest BCUT2D eigenvalue weighted by molar-refractivity contribution is -0.0540. The molecule has 0 amide bonds. The van der Waals surface area contributed by atoms with E-state index in [4.69, 9.17) is 27.8 Å². The van der Waals surface area contributed by atoms with Crippen molar-refractivity contribution in [3.05, 3.63) is 17.3 Å². The lowest BCUT2D eigenvalue weighted by Crippen LogP contribution is -2.45. The van der Waals surface area contributed by atoms with Crippen molar-refractivity contribution in [2.45, 2.75) is 30.8 Å². The molecule has 0 aliphatic carbocycles. The van der Waals surface area contributed by atoms with Crippen molar-refractivity contribution in [3.63, 3.8) is 0 Å². The number of nitrogen functional groups attached to an aromatic ring is 1. The number of halogens is 1. The number of anilines is 1. The Morgan fingerprint density at radius 3 is 2.95 bits per heavy atom. The summed E-state index contributed by atoms with van der Waals surface area (Å²) in [6.07, 6.45) is 0.113. The molecule has 4 atom stereocenters. The summed E-state index contributed by atoms with van der Waals surface area (Å²) in [5.41, 5.74) is 12.6. The average Bonchev–Trinajstić information content (AvgIpc) is 2.96. The molecule has 1 aliphatic heterocycles. The molecule has 5 N–H and O–H groups in total. The van der Waals surface area contributed by atoms with Crippen molar-refractivity contribution < 1.29 is 9.84 Å². The Hall–Kier alpha value is -0.990. The van der Waals surface area contributed by atoms with Gasteiger partial charge in [-0.1, -0.05) is 0 Å². The van der Waals surface area contributed by atoms with Crippen LogP contribution in [0.3, 0.4) is 0 Å². The number of fused-ring (bicyclic) bond motifs is 1. The number of aromatic nitrogens is 2. The zero-order valence-corrected chi connectivity index (χ0v) is 12.4. The SMILES string of the molecule is C[C@@]1(CCl)O[C@@H](c2csc3c(N)ncnc23)[C@H](N)[C@@H]1O. The number of ether oxygens (including phenoxy) is 1. The summed E-state index contributed by atoms with van der Waals surface area (Å²) in [5.74, 6) is 0.593. The fourth-order valence-electron chi connectivity index (χ4n) is 2.48. The summed E-state index contributed by atoms with van der Waals surface area (Å²) in [6.45, 7) is 1.75. The van der Waals surface area contributed by atoms with E-state index < -0.39 is 23.9 Å². The molecule has 6 nitrogen and oxygen atoms in total. The van der Waals surface area contributed by atoms with Crippen LogP contribution >= 0.6 is 22.9 Å². The van der Waals surface area contributed by atoms with Gasteiger partial charge in [0.2, 0.25) is 0 Å². The number of hydrogen-bond acceptors (Lipinski definition) is 7. The Bertz CT molecular complexity index is 651. The molecule has 0 unspecified atom stereocenters. The molecule has 1 aliphatic rings. The molecule has 0 saturated carbocycles. The number of alkyl halides is 1. The largest absolute Gasteiger partial charge is 0.388 e. The summed E-state index contributed by atoms with van der Waals surface area (Å²) in [6, 6.07) is -0.562. The predicted octanol–water partition coefficient (Wildman–Crippen LogP) is 1.03. The second kappa shape index (κ2) is 4.78. The monoisotopic (exact) mass is 314 g/mol. The van der Waals surface area contributed by atoms with Crippen molar-refractivity contribution in [1.82, 2.24) is 9.97 Å². The van der Waals surface area contributed by atoms with Gasteiger partial charge in [0.1, 0.15) is 30.0 Å².